The van der Waals surface area contributed by atoms with Crippen LogP contribution in [0.1, 0.15) is 42.8 Å². The minimum Gasteiger partial charge on any atom is -0.484 e. The molecule has 2 rings (SSSR count). The molecule has 1 amide bonds. The van der Waals surface area contributed by atoms with Gasteiger partial charge in [-0.3, -0.25) is 10.1 Å². The van der Waals surface area contributed by atoms with Gasteiger partial charge in [-0.05, 0) is 42.5 Å². The highest BCUT2D eigenvalue weighted by Crippen LogP contribution is 2.23. The molecule has 0 atom stereocenters. The summed E-state index contributed by atoms with van der Waals surface area (Å²) in [6.07, 6.45) is 0.811. The number of carbonyl (C=O) groups is 1. The van der Waals surface area contributed by atoms with E-state index in [1.54, 1.807) is 0 Å². The molecule has 2 aromatic rings. The Morgan fingerprint density at radius 2 is 2.14 bits per heavy atom. The molecule has 6 heteroatoms. The number of nitrogens with one attached hydrogen (secondary N) is 1. The number of hydrogen-bond donors (Lipinski definition) is 1. The summed E-state index contributed by atoms with van der Waals surface area (Å²) in [5.74, 6) is 0.940. The maximum absolute atomic E-state index is 11.8. The van der Waals surface area contributed by atoms with Crippen LogP contribution in [0.5, 0.6) is 5.75 Å². The monoisotopic (exact) mass is 319 g/mol. The molecule has 1 aromatic heterocycles. The number of hydrogen-bond acceptors (Lipinski definition) is 5. The van der Waals surface area contributed by atoms with Crippen molar-refractivity contribution in [2.45, 2.75) is 40.0 Å². The Balaban J connectivity index is 1.89. The molecule has 0 spiro atoms. The number of nitrogens with zero attached hydrogens (tertiary/aromatic N) is 2. The molecule has 0 saturated carbocycles. The largest absolute Gasteiger partial charge is 0.484 e. The van der Waals surface area contributed by atoms with Gasteiger partial charge in [0.05, 0.1) is 0 Å². The third-order valence-electron chi connectivity index (χ3n) is 3.25. The van der Waals surface area contributed by atoms with Crippen LogP contribution in [-0.4, -0.2) is 22.7 Å². The molecule has 0 aliphatic carbocycles. The zero-order valence-electron chi connectivity index (χ0n) is 13.3. The number of amides is 1. The average Bonchev–Trinajstić information content (AvgIpc) is 2.92. The Morgan fingerprint density at radius 3 is 2.73 bits per heavy atom. The quantitative estimate of drug-likeness (QED) is 0.884. The lowest BCUT2D eigenvalue weighted by molar-refractivity contribution is -0.118. The van der Waals surface area contributed by atoms with Gasteiger partial charge >= 0.3 is 0 Å². The Hall–Kier alpha value is -1.95. The molecule has 0 bridgehead atoms. The second-order valence-corrected chi connectivity index (χ2v) is 6.43. The fraction of sp³-hybridized carbons (Fsp3) is 0.438. The Kier molecular flexibility index (Phi) is 5.49. The molecule has 1 aromatic carbocycles. The SMILES string of the molecule is CCc1nnc(NC(=O)COc2ccc(C(C)C)c(C)c2)s1. The van der Waals surface area contributed by atoms with Crippen molar-refractivity contribution in [3.63, 3.8) is 0 Å². The third-order valence-corrected chi connectivity index (χ3v) is 4.23. The van der Waals surface area contributed by atoms with Crippen molar-refractivity contribution < 1.29 is 9.53 Å². The first-order chi connectivity index (χ1) is 10.5. The Bertz CT molecular complexity index is 653. The summed E-state index contributed by atoms with van der Waals surface area (Å²) < 4.78 is 5.53. The molecule has 5 nitrogen and oxygen atoms in total. The summed E-state index contributed by atoms with van der Waals surface area (Å²) in [6, 6.07) is 5.91. The normalized spacial score (nSPS) is 10.8. The van der Waals surface area contributed by atoms with Crippen molar-refractivity contribution in [3.05, 3.63) is 34.3 Å². The minimum absolute atomic E-state index is 0.0402. The fourth-order valence-electron chi connectivity index (χ4n) is 2.14. The molecule has 1 N–H and O–H groups in total. The smallest absolute Gasteiger partial charge is 0.264 e. The topological polar surface area (TPSA) is 64.1 Å². The summed E-state index contributed by atoms with van der Waals surface area (Å²) in [7, 11) is 0. The maximum atomic E-state index is 11.8. The predicted octanol–water partition coefficient (Wildman–Crippen LogP) is 3.55. The number of carbonyl (C=O) groups excluding carboxylic acids is 1. The molecule has 22 heavy (non-hydrogen) atoms. The second kappa shape index (κ2) is 7.35. The number of rotatable bonds is 6. The molecule has 0 aliphatic heterocycles. The third kappa shape index (κ3) is 4.27. The van der Waals surface area contributed by atoms with Crippen molar-refractivity contribution >= 4 is 22.4 Å². The van der Waals surface area contributed by atoms with Crippen LogP contribution in [-0.2, 0) is 11.2 Å². The van der Waals surface area contributed by atoms with Crippen LogP contribution in [0.15, 0.2) is 18.2 Å². The van der Waals surface area contributed by atoms with Crippen LogP contribution in [0, 0.1) is 6.92 Å². The Morgan fingerprint density at radius 1 is 1.36 bits per heavy atom. The molecule has 1 heterocycles. The number of aromatic nitrogens is 2. The molecule has 0 fully saturated rings. The van der Waals surface area contributed by atoms with E-state index in [2.05, 4.69) is 36.3 Å². The van der Waals surface area contributed by atoms with Gasteiger partial charge in [-0.2, -0.15) is 0 Å². The van der Waals surface area contributed by atoms with Gasteiger partial charge in [0.15, 0.2) is 6.61 Å². The van der Waals surface area contributed by atoms with Gasteiger partial charge in [0.1, 0.15) is 10.8 Å². The van der Waals surface area contributed by atoms with E-state index >= 15 is 0 Å². The lowest BCUT2D eigenvalue weighted by atomic mass is 9.98. The van der Waals surface area contributed by atoms with E-state index in [9.17, 15) is 4.79 Å². The summed E-state index contributed by atoms with van der Waals surface area (Å²) in [4.78, 5) is 11.8. The molecular weight excluding hydrogens is 298 g/mol. The van der Waals surface area contributed by atoms with Crippen LogP contribution < -0.4 is 10.1 Å². The first kappa shape index (κ1) is 16.4. The molecular formula is C16H21N3O2S. The summed E-state index contributed by atoms with van der Waals surface area (Å²) in [5.41, 5.74) is 2.46. The van der Waals surface area contributed by atoms with Gasteiger partial charge in [-0.15, -0.1) is 10.2 Å². The summed E-state index contributed by atoms with van der Waals surface area (Å²) in [5, 5.41) is 12.0. The van der Waals surface area contributed by atoms with E-state index in [1.165, 1.54) is 22.5 Å². The van der Waals surface area contributed by atoms with Crippen molar-refractivity contribution in [2.75, 3.05) is 11.9 Å². The van der Waals surface area contributed by atoms with Gasteiger partial charge in [0, 0.05) is 0 Å². The summed E-state index contributed by atoms with van der Waals surface area (Å²) in [6.45, 7) is 8.32. The van der Waals surface area contributed by atoms with Crippen molar-refractivity contribution in [3.8, 4) is 5.75 Å². The molecule has 0 unspecified atom stereocenters. The van der Waals surface area contributed by atoms with Crippen LogP contribution in [0.3, 0.4) is 0 Å². The highest BCUT2D eigenvalue weighted by molar-refractivity contribution is 7.15. The lowest BCUT2D eigenvalue weighted by Gasteiger charge is -2.12. The van der Waals surface area contributed by atoms with Gasteiger partial charge < -0.3 is 4.74 Å². The van der Waals surface area contributed by atoms with E-state index < -0.39 is 0 Å². The van der Waals surface area contributed by atoms with Gasteiger partial charge in [-0.25, -0.2) is 0 Å². The van der Waals surface area contributed by atoms with E-state index in [4.69, 9.17) is 4.74 Å². The van der Waals surface area contributed by atoms with Crippen LogP contribution in [0.2, 0.25) is 0 Å². The molecule has 0 saturated heterocycles. The summed E-state index contributed by atoms with van der Waals surface area (Å²) >= 11 is 1.38. The fourth-order valence-corrected chi connectivity index (χ4v) is 2.83. The maximum Gasteiger partial charge on any atom is 0.264 e. The van der Waals surface area contributed by atoms with Crippen LogP contribution >= 0.6 is 11.3 Å². The highest BCUT2D eigenvalue weighted by atomic mass is 32.1. The molecule has 118 valence electrons. The lowest BCUT2D eigenvalue weighted by Crippen LogP contribution is -2.20. The number of anilines is 1. The first-order valence-electron chi connectivity index (χ1n) is 7.35. The van der Waals surface area contributed by atoms with E-state index in [1.807, 2.05) is 25.1 Å². The predicted molar refractivity (Wildman–Crippen MR) is 88.7 cm³/mol. The number of ether oxygens (including phenoxy) is 1. The van der Waals surface area contributed by atoms with Crippen molar-refractivity contribution in [2.24, 2.45) is 0 Å². The van der Waals surface area contributed by atoms with Gasteiger partial charge in [0.2, 0.25) is 5.13 Å². The van der Waals surface area contributed by atoms with Gasteiger partial charge in [-0.1, -0.05) is 38.2 Å². The molecule has 0 radical (unpaired) electrons. The Labute approximate surface area is 134 Å². The van der Waals surface area contributed by atoms with E-state index in [-0.39, 0.29) is 12.5 Å². The number of benzene rings is 1. The van der Waals surface area contributed by atoms with Crippen LogP contribution in [0.25, 0.3) is 0 Å². The first-order valence-corrected chi connectivity index (χ1v) is 8.16. The van der Waals surface area contributed by atoms with Crippen molar-refractivity contribution in [1.82, 2.24) is 10.2 Å². The molecule has 0 aliphatic rings. The van der Waals surface area contributed by atoms with Crippen molar-refractivity contribution in [1.29, 1.82) is 0 Å². The van der Waals surface area contributed by atoms with Crippen LogP contribution in [0.4, 0.5) is 5.13 Å². The van der Waals surface area contributed by atoms with Gasteiger partial charge in [0.25, 0.3) is 5.91 Å². The standard InChI is InChI=1S/C16H21N3O2S/c1-5-15-18-19-16(22-15)17-14(20)9-21-12-6-7-13(10(2)3)11(4)8-12/h6-8,10H,5,9H2,1-4H3,(H,17,19,20). The zero-order valence-corrected chi connectivity index (χ0v) is 14.2. The van der Waals surface area contributed by atoms with E-state index in [0.717, 1.165) is 11.4 Å². The second-order valence-electron chi connectivity index (χ2n) is 5.36. The minimum atomic E-state index is -0.232. The highest BCUT2D eigenvalue weighted by Gasteiger charge is 2.09. The average molecular weight is 319 g/mol. The number of aryl methyl sites for hydroxylation is 2. The zero-order chi connectivity index (χ0) is 16.1. The van der Waals surface area contributed by atoms with E-state index in [0.29, 0.717) is 16.8 Å².